The van der Waals surface area contributed by atoms with Crippen LogP contribution >= 0.6 is 11.8 Å². The molecule has 2 aromatic rings. The molecule has 1 aromatic heterocycles. The zero-order valence-corrected chi connectivity index (χ0v) is 12.7. The van der Waals surface area contributed by atoms with Crippen molar-refractivity contribution in [2.45, 2.75) is 17.2 Å². The summed E-state index contributed by atoms with van der Waals surface area (Å²) in [5.74, 6) is -0.758. The van der Waals surface area contributed by atoms with E-state index in [9.17, 15) is 14.8 Å². The number of thioether (sulfide) groups is 1. The second-order valence-corrected chi connectivity index (χ2v) is 5.92. The van der Waals surface area contributed by atoms with Crippen molar-refractivity contribution in [3.05, 3.63) is 59.4 Å². The smallest absolute Gasteiger partial charge is 0.252 e. The van der Waals surface area contributed by atoms with Crippen molar-refractivity contribution in [2.24, 2.45) is 5.73 Å². The van der Waals surface area contributed by atoms with Crippen LogP contribution in [0.5, 0.6) is 0 Å². The number of pyridine rings is 1. The zero-order valence-electron chi connectivity index (χ0n) is 11.9. The van der Waals surface area contributed by atoms with Crippen LogP contribution in [0, 0.1) is 5.21 Å². The van der Waals surface area contributed by atoms with Gasteiger partial charge in [0.05, 0.1) is 5.25 Å². The van der Waals surface area contributed by atoms with Gasteiger partial charge in [-0.15, -0.1) is 0 Å². The van der Waals surface area contributed by atoms with Crippen LogP contribution in [-0.4, -0.2) is 17.1 Å². The number of aromatic nitrogens is 1. The number of hydrogen-bond donors (Lipinski definition) is 2. The second kappa shape index (κ2) is 6.95. The van der Waals surface area contributed by atoms with Gasteiger partial charge in [-0.05, 0) is 49.0 Å². The van der Waals surface area contributed by atoms with E-state index in [0.29, 0.717) is 16.3 Å². The molecule has 0 radical (unpaired) electrons. The van der Waals surface area contributed by atoms with Gasteiger partial charge in [0.2, 0.25) is 11.8 Å². The Kier molecular flexibility index (Phi) is 5.00. The highest BCUT2D eigenvalue weighted by Gasteiger charge is 2.18. The van der Waals surface area contributed by atoms with Gasteiger partial charge in [-0.1, -0.05) is 0 Å². The quantitative estimate of drug-likeness (QED) is 0.496. The Balaban J connectivity index is 1.99. The molecule has 0 saturated carbocycles. The number of hydrogen-bond acceptors (Lipinski definition) is 4. The molecule has 2 rings (SSSR count). The molecular formula is C15H15N3O3S. The van der Waals surface area contributed by atoms with Crippen molar-refractivity contribution in [3.8, 4) is 0 Å². The second-order valence-electron chi connectivity index (χ2n) is 4.56. The maximum atomic E-state index is 12.1. The van der Waals surface area contributed by atoms with E-state index in [2.05, 4.69) is 5.32 Å². The van der Waals surface area contributed by atoms with E-state index in [1.807, 2.05) is 0 Å². The molecule has 0 bridgehead atoms. The average Bonchev–Trinajstić information content (AvgIpc) is 2.50. The summed E-state index contributed by atoms with van der Waals surface area (Å²) in [6, 6.07) is 11.3. The lowest BCUT2D eigenvalue weighted by Gasteiger charge is -2.11. The largest absolute Gasteiger partial charge is 0.618 e. The van der Waals surface area contributed by atoms with Gasteiger partial charge >= 0.3 is 0 Å². The number of amides is 2. The van der Waals surface area contributed by atoms with Gasteiger partial charge in [0.1, 0.15) is 0 Å². The lowest BCUT2D eigenvalue weighted by molar-refractivity contribution is -0.645. The van der Waals surface area contributed by atoms with E-state index in [0.717, 1.165) is 4.73 Å². The van der Waals surface area contributed by atoms with E-state index in [1.54, 1.807) is 49.4 Å². The highest BCUT2D eigenvalue weighted by molar-refractivity contribution is 8.00. The summed E-state index contributed by atoms with van der Waals surface area (Å²) < 4.78 is 0.718. The molecule has 1 aromatic carbocycles. The van der Waals surface area contributed by atoms with Gasteiger partial charge in [0.25, 0.3) is 5.03 Å². The van der Waals surface area contributed by atoms with Crippen LogP contribution in [0.1, 0.15) is 17.3 Å². The molecule has 0 aliphatic rings. The van der Waals surface area contributed by atoms with Crippen LogP contribution in [0.4, 0.5) is 5.69 Å². The summed E-state index contributed by atoms with van der Waals surface area (Å²) in [4.78, 5) is 23.1. The number of primary amides is 1. The fourth-order valence-electron chi connectivity index (χ4n) is 1.70. The molecule has 7 heteroatoms. The molecule has 1 heterocycles. The molecule has 0 aliphatic carbocycles. The number of benzene rings is 1. The summed E-state index contributed by atoms with van der Waals surface area (Å²) in [5, 5.41) is 14.3. The summed E-state index contributed by atoms with van der Waals surface area (Å²) >= 11 is 1.17. The lowest BCUT2D eigenvalue weighted by atomic mass is 10.2. The molecule has 1 atom stereocenters. The third-order valence-corrected chi connectivity index (χ3v) is 4.02. The van der Waals surface area contributed by atoms with Crippen molar-refractivity contribution < 1.29 is 14.3 Å². The summed E-state index contributed by atoms with van der Waals surface area (Å²) in [6.07, 6.45) is 1.38. The Labute approximate surface area is 131 Å². The first-order valence-corrected chi connectivity index (χ1v) is 7.41. The average molecular weight is 317 g/mol. The number of anilines is 1. The van der Waals surface area contributed by atoms with Crippen molar-refractivity contribution in [3.63, 3.8) is 0 Å². The molecule has 22 heavy (non-hydrogen) atoms. The summed E-state index contributed by atoms with van der Waals surface area (Å²) in [6.45, 7) is 1.71. The van der Waals surface area contributed by atoms with Crippen LogP contribution in [0.25, 0.3) is 0 Å². The topological polar surface area (TPSA) is 99.1 Å². The Morgan fingerprint density at radius 1 is 1.23 bits per heavy atom. The molecular weight excluding hydrogens is 302 g/mol. The Hall–Kier alpha value is -2.54. The number of nitrogens with zero attached hydrogens (tertiary/aromatic N) is 1. The molecule has 114 valence electrons. The minimum absolute atomic E-state index is 0.235. The van der Waals surface area contributed by atoms with E-state index >= 15 is 0 Å². The van der Waals surface area contributed by atoms with E-state index in [4.69, 9.17) is 5.73 Å². The number of carbonyl (C=O) groups is 2. The maximum Gasteiger partial charge on any atom is 0.252 e. The SMILES string of the molecule is CC(Sc1cccc[n+]1[O-])C(=O)Nc1ccc(C(N)=O)cc1. The predicted molar refractivity (Wildman–Crippen MR) is 84.3 cm³/mol. The molecule has 0 aliphatic heterocycles. The zero-order chi connectivity index (χ0) is 16.1. The highest BCUT2D eigenvalue weighted by Crippen LogP contribution is 2.21. The fourth-order valence-corrected chi connectivity index (χ4v) is 2.55. The lowest BCUT2D eigenvalue weighted by Crippen LogP contribution is -2.30. The Morgan fingerprint density at radius 2 is 1.91 bits per heavy atom. The van der Waals surface area contributed by atoms with Gasteiger partial charge in [-0.25, -0.2) is 0 Å². The van der Waals surface area contributed by atoms with Crippen LogP contribution in [0.15, 0.2) is 53.7 Å². The minimum Gasteiger partial charge on any atom is -0.618 e. The molecule has 0 spiro atoms. The first-order chi connectivity index (χ1) is 10.5. The molecule has 0 saturated heterocycles. The van der Waals surface area contributed by atoms with Crippen LogP contribution in [0.2, 0.25) is 0 Å². The normalized spacial score (nSPS) is 11.7. The third kappa shape index (κ3) is 3.98. The molecule has 6 nitrogen and oxygen atoms in total. The van der Waals surface area contributed by atoms with Gasteiger partial charge in [-0.2, -0.15) is 4.73 Å². The van der Waals surface area contributed by atoms with Crippen molar-refractivity contribution in [1.29, 1.82) is 0 Å². The van der Waals surface area contributed by atoms with Gasteiger partial charge in [0.15, 0.2) is 6.20 Å². The van der Waals surface area contributed by atoms with Gasteiger partial charge in [-0.3, -0.25) is 9.59 Å². The Morgan fingerprint density at radius 3 is 2.50 bits per heavy atom. The number of nitrogens with two attached hydrogens (primary N) is 1. The van der Waals surface area contributed by atoms with E-state index in [-0.39, 0.29) is 5.91 Å². The number of rotatable bonds is 5. The first kappa shape index (κ1) is 15.8. The monoisotopic (exact) mass is 317 g/mol. The van der Waals surface area contributed by atoms with Crippen LogP contribution in [0.3, 0.4) is 0 Å². The van der Waals surface area contributed by atoms with Gasteiger partial charge < -0.3 is 16.3 Å². The van der Waals surface area contributed by atoms with E-state index < -0.39 is 11.2 Å². The van der Waals surface area contributed by atoms with Crippen LogP contribution < -0.4 is 15.8 Å². The van der Waals surface area contributed by atoms with E-state index in [1.165, 1.54) is 18.0 Å². The summed E-state index contributed by atoms with van der Waals surface area (Å²) in [7, 11) is 0. The Bertz CT molecular complexity index is 689. The predicted octanol–water partition coefficient (Wildman–Crippen LogP) is 1.54. The molecule has 0 fully saturated rings. The third-order valence-electron chi connectivity index (χ3n) is 2.89. The maximum absolute atomic E-state index is 12.1. The summed E-state index contributed by atoms with van der Waals surface area (Å²) in [5.41, 5.74) is 6.08. The molecule has 2 amide bonds. The number of nitrogens with one attached hydrogen (secondary N) is 1. The first-order valence-electron chi connectivity index (χ1n) is 6.53. The fraction of sp³-hybridized carbons (Fsp3) is 0.133. The number of carbonyl (C=O) groups excluding carboxylic acids is 2. The standard InChI is InChI=1S/C15H15N3O3S/c1-10(22-13-4-2-3-9-18(13)21)15(20)17-12-7-5-11(6-8-12)14(16)19/h2-10H,1H3,(H2,16,19)(H,17,20). The minimum atomic E-state index is -0.522. The highest BCUT2D eigenvalue weighted by atomic mass is 32.2. The van der Waals surface area contributed by atoms with Crippen molar-refractivity contribution >= 4 is 29.3 Å². The van der Waals surface area contributed by atoms with Crippen molar-refractivity contribution in [1.82, 2.24) is 0 Å². The molecule has 1 unspecified atom stereocenters. The van der Waals surface area contributed by atoms with Crippen LogP contribution in [-0.2, 0) is 4.79 Å². The van der Waals surface area contributed by atoms with Gasteiger partial charge in [0, 0.05) is 23.4 Å². The van der Waals surface area contributed by atoms with Crippen molar-refractivity contribution in [2.75, 3.05) is 5.32 Å². The molecule has 3 N–H and O–H groups in total.